The Morgan fingerprint density at radius 3 is 2.23 bits per heavy atom. The second kappa shape index (κ2) is 14.6. The van der Waals surface area contributed by atoms with Gasteiger partial charge in [-0.25, -0.2) is 9.78 Å². The Morgan fingerprint density at radius 1 is 1.07 bits per heavy atom. The molecule has 0 aromatic carbocycles. The Hall–Kier alpha value is -3.02. The molecule has 1 unspecified atom stereocenters. The highest BCUT2D eigenvalue weighted by molar-refractivity contribution is 7.09. The third kappa shape index (κ3) is 9.23. The van der Waals surface area contributed by atoms with Crippen LogP contribution in [0.4, 0.5) is 4.79 Å². The van der Waals surface area contributed by atoms with E-state index in [0.29, 0.717) is 25.8 Å². The van der Waals surface area contributed by atoms with Gasteiger partial charge in [0.1, 0.15) is 12.1 Å². The Bertz CT molecular complexity index is 1140. The third-order valence-corrected chi connectivity index (χ3v) is 9.72. The number of nitrogens with one attached hydrogen (secondary N) is 3. The van der Waals surface area contributed by atoms with Crippen LogP contribution in [0.25, 0.3) is 0 Å². The Balaban J connectivity index is 1.79. The van der Waals surface area contributed by atoms with Gasteiger partial charge in [-0.2, -0.15) is 0 Å². The smallest absolute Gasteiger partial charge is 0.315 e. The second-order valence-electron chi connectivity index (χ2n) is 14.0. The van der Waals surface area contributed by atoms with Gasteiger partial charge in [0, 0.05) is 30.6 Å². The Kier molecular flexibility index (Phi) is 11.7. The second-order valence-corrected chi connectivity index (χ2v) is 14.9. The van der Waals surface area contributed by atoms with Crippen molar-refractivity contribution < 1.29 is 24.0 Å². The first kappa shape index (κ1) is 34.5. The maximum absolute atomic E-state index is 14.2. The molecule has 2 aliphatic rings. The molecule has 1 saturated carbocycles. The summed E-state index contributed by atoms with van der Waals surface area (Å²) in [6.07, 6.45) is 6.00. The summed E-state index contributed by atoms with van der Waals surface area (Å²) in [5.41, 5.74) is 4.65. The van der Waals surface area contributed by atoms with Crippen molar-refractivity contribution in [3.8, 4) is 0 Å². The zero-order valence-electron chi connectivity index (χ0n) is 26.6. The molecule has 2 heterocycles. The van der Waals surface area contributed by atoms with Gasteiger partial charge in [-0.3, -0.25) is 19.2 Å². The first-order chi connectivity index (χ1) is 20.1. The molecule has 0 bridgehead atoms. The number of nitrogens with two attached hydrogens (primary N) is 1. The third-order valence-electron chi connectivity index (χ3n) is 8.92. The summed E-state index contributed by atoms with van der Waals surface area (Å²) in [4.78, 5) is 71.5. The zero-order valence-corrected chi connectivity index (χ0v) is 27.5. The minimum absolute atomic E-state index is 0.0506. The fourth-order valence-electron chi connectivity index (χ4n) is 5.73. The lowest BCUT2D eigenvalue weighted by Crippen LogP contribution is -2.61. The molecule has 5 N–H and O–H groups in total. The number of ketones is 1. The molecular weight excluding hydrogens is 568 g/mol. The van der Waals surface area contributed by atoms with Crippen LogP contribution in [0.5, 0.6) is 0 Å². The van der Waals surface area contributed by atoms with Gasteiger partial charge >= 0.3 is 6.03 Å². The molecule has 3 rings (SSSR count). The molecule has 2 fully saturated rings. The topological polar surface area (TPSA) is 164 Å². The number of hydrogen-bond donors (Lipinski definition) is 4. The van der Waals surface area contributed by atoms with E-state index in [9.17, 15) is 24.0 Å². The van der Waals surface area contributed by atoms with Crippen molar-refractivity contribution in [2.45, 2.75) is 111 Å². The van der Waals surface area contributed by atoms with E-state index in [2.05, 4.69) is 20.9 Å². The van der Waals surface area contributed by atoms with Crippen LogP contribution in [-0.2, 0) is 25.6 Å². The number of urea groups is 1. The summed E-state index contributed by atoms with van der Waals surface area (Å²) >= 11 is 1.53. The van der Waals surface area contributed by atoms with Gasteiger partial charge in [0.2, 0.25) is 17.6 Å². The van der Waals surface area contributed by atoms with Crippen LogP contribution in [0.3, 0.4) is 0 Å². The summed E-state index contributed by atoms with van der Waals surface area (Å²) in [7, 11) is 0. The van der Waals surface area contributed by atoms with Crippen molar-refractivity contribution in [1.82, 2.24) is 25.8 Å². The predicted molar refractivity (Wildman–Crippen MR) is 166 cm³/mol. The van der Waals surface area contributed by atoms with Crippen molar-refractivity contribution in [3.05, 3.63) is 16.6 Å². The number of amides is 5. The molecule has 1 aromatic rings. The number of nitrogens with zero attached hydrogens (tertiary/aromatic N) is 2. The molecular formula is C31H50N6O5S. The van der Waals surface area contributed by atoms with Gasteiger partial charge < -0.3 is 26.6 Å². The van der Waals surface area contributed by atoms with Crippen LogP contribution >= 0.6 is 11.3 Å². The number of hydrogen-bond acceptors (Lipinski definition) is 7. The molecule has 43 heavy (non-hydrogen) atoms. The molecule has 0 spiro atoms. The summed E-state index contributed by atoms with van der Waals surface area (Å²) in [6, 6.07) is -3.42. The van der Waals surface area contributed by atoms with Gasteiger partial charge in [0.15, 0.2) is 0 Å². The minimum atomic E-state index is -1.08. The number of carbonyl (C=O) groups excluding carboxylic acids is 5. The molecule has 1 saturated heterocycles. The van der Waals surface area contributed by atoms with Crippen LogP contribution in [0, 0.1) is 29.1 Å². The zero-order chi connectivity index (χ0) is 32.1. The van der Waals surface area contributed by atoms with E-state index in [-0.39, 0.29) is 35.6 Å². The summed E-state index contributed by atoms with van der Waals surface area (Å²) in [5.74, 6) is -2.10. The molecule has 11 nitrogen and oxygen atoms in total. The molecule has 12 heteroatoms. The molecule has 240 valence electrons. The van der Waals surface area contributed by atoms with E-state index in [4.69, 9.17) is 5.73 Å². The lowest BCUT2D eigenvalue weighted by molar-refractivity contribution is -0.143. The molecule has 1 aromatic heterocycles. The number of aromatic nitrogens is 1. The molecule has 1 aliphatic carbocycles. The number of thiazole rings is 1. The van der Waals surface area contributed by atoms with Gasteiger partial charge in [0.25, 0.3) is 5.91 Å². The van der Waals surface area contributed by atoms with E-state index in [1.807, 2.05) is 53.8 Å². The number of primary amides is 1. The van der Waals surface area contributed by atoms with Crippen LogP contribution in [-0.4, -0.2) is 70.1 Å². The maximum Gasteiger partial charge on any atom is 0.315 e. The van der Waals surface area contributed by atoms with E-state index in [1.54, 1.807) is 11.1 Å². The summed E-state index contributed by atoms with van der Waals surface area (Å²) in [6.45, 7) is 14.1. The first-order valence-corrected chi connectivity index (χ1v) is 16.4. The number of rotatable bonds is 13. The normalized spacial score (nSPS) is 21.2. The standard InChI is InChI=1S/C31H50N6O5S/c1-17(2)20-14-23(28(40)34-22(25(38)27(32)39)13-19-9-8-10-19)37(16-20)29(41)26(31(5,6)7)36-30(42)35-21(18(3)4)15-24-33-11-12-43-24/h11-12,17-23,26H,8-10,13-16H2,1-7H3,(H2,32,39)(H,34,40)(H2,35,36,42)/t20-,21-,22?,23+,26-/m1/s1. The molecule has 5 atom stereocenters. The molecule has 5 amide bonds. The Morgan fingerprint density at radius 2 is 1.74 bits per heavy atom. The van der Waals surface area contributed by atoms with E-state index in [0.717, 1.165) is 24.3 Å². The van der Waals surface area contributed by atoms with Gasteiger partial charge in [0.05, 0.1) is 11.0 Å². The highest BCUT2D eigenvalue weighted by atomic mass is 32.1. The average Bonchev–Trinajstić information content (AvgIpc) is 3.57. The lowest BCUT2D eigenvalue weighted by atomic mass is 9.80. The highest BCUT2D eigenvalue weighted by Crippen LogP contribution is 2.33. The van der Waals surface area contributed by atoms with Crippen LogP contribution in [0.15, 0.2) is 11.6 Å². The number of Topliss-reactive ketones (excluding diaryl/α,β-unsaturated/α-hetero) is 1. The first-order valence-electron chi connectivity index (χ1n) is 15.5. The predicted octanol–water partition coefficient (Wildman–Crippen LogP) is 3.03. The minimum Gasteiger partial charge on any atom is -0.363 e. The maximum atomic E-state index is 14.2. The van der Waals surface area contributed by atoms with E-state index >= 15 is 0 Å². The van der Waals surface area contributed by atoms with Crippen molar-refractivity contribution in [2.75, 3.05) is 6.54 Å². The van der Waals surface area contributed by atoms with Gasteiger partial charge in [-0.15, -0.1) is 11.3 Å². The quantitative estimate of drug-likeness (QED) is 0.248. The van der Waals surface area contributed by atoms with E-state index in [1.165, 1.54) is 11.3 Å². The monoisotopic (exact) mass is 618 g/mol. The molecule has 0 radical (unpaired) electrons. The van der Waals surface area contributed by atoms with Crippen molar-refractivity contribution in [3.63, 3.8) is 0 Å². The Labute approximate surface area is 259 Å². The fraction of sp³-hybridized carbons (Fsp3) is 0.742. The summed E-state index contributed by atoms with van der Waals surface area (Å²) in [5, 5.41) is 11.5. The highest BCUT2D eigenvalue weighted by Gasteiger charge is 2.46. The van der Waals surface area contributed by atoms with Gasteiger partial charge in [-0.1, -0.05) is 67.7 Å². The number of carbonyl (C=O) groups is 5. The van der Waals surface area contributed by atoms with Crippen molar-refractivity contribution in [1.29, 1.82) is 0 Å². The van der Waals surface area contributed by atoms with Crippen LogP contribution in [0.2, 0.25) is 0 Å². The lowest BCUT2D eigenvalue weighted by Gasteiger charge is -2.36. The van der Waals surface area contributed by atoms with Crippen LogP contribution < -0.4 is 21.7 Å². The van der Waals surface area contributed by atoms with Crippen LogP contribution in [0.1, 0.15) is 85.6 Å². The van der Waals surface area contributed by atoms with Gasteiger partial charge in [-0.05, 0) is 41.9 Å². The number of likely N-dealkylation sites (tertiary alicyclic amines) is 1. The SMILES string of the molecule is CC(C)[C@@H]1C[C@@H](C(=O)NC(CC2CCC2)C(=O)C(N)=O)N(C(=O)[C@@H](NC(=O)N[C@H](Cc2nccs2)C(C)C)C(C)(C)C)C1. The fourth-order valence-corrected chi connectivity index (χ4v) is 6.40. The van der Waals surface area contributed by atoms with E-state index < -0.39 is 47.2 Å². The largest absolute Gasteiger partial charge is 0.363 e. The van der Waals surface area contributed by atoms with Crippen molar-refractivity contribution >= 4 is 40.9 Å². The van der Waals surface area contributed by atoms with Crippen molar-refractivity contribution in [2.24, 2.45) is 34.8 Å². The average molecular weight is 619 g/mol. The molecule has 1 aliphatic heterocycles. The summed E-state index contributed by atoms with van der Waals surface area (Å²) < 4.78 is 0.